The predicted molar refractivity (Wildman–Crippen MR) is 68.8 cm³/mol. The number of aromatic nitrogens is 3. The topological polar surface area (TPSA) is 99.2 Å². The van der Waals surface area contributed by atoms with Crippen LogP contribution in [0.3, 0.4) is 0 Å². The molecule has 1 aromatic heterocycles. The third-order valence-electron chi connectivity index (χ3n) is 2.35. The van der Waals surface area contributed by atoms with Crippen LogP contribution >= 0.6 is 0 Å². The van der Waals surface area contributed by atoms with Crippen molar-refractivity contribution in [3.05, 3.63) is 24.3 Å². The summed E-state index contributed by atoms with van der Waals surface area (Å²) in [6.45, 7) is 9.00. The van der Waals surface area contributed by atoms with Crippen molar-refractivity contribution in [3.63, 3.8) is 0 Å². The van der Waals surface area contributed by atoms with E-state index < -0.39 is 18.4 Å². The van der Waals surface area contributed by atoms with Crippen LogP contribution < -0.4 is 0 Å². The minimum Gasteiger partial charge on any atom is -0.480 e. The zero-order valence-electron chi connectivity index (χ0n) is 11.3. The predicted octanol–water partition coefficient (Wildman–Crippen LogP) is 0.815. The Morgan fingerprint density at radius 3 is 2.53 bits per heavy atom. The minimum absolute atomic E-state index is 0.0342. The number of rotatable bonds is 5. The summed E-state index contributed by atoms with van der Waals surface area (Å²) in [6, 6.07) is 0. The number of aromatic amines is 1. The highest BCUT2D eigenvalue weighted by Crippen LogP contribution is 2.17. The van der Waals surface area contributed by atoms with E-state index in [0.29, 0.717) is 5.82 Å². The second kappa shape index (κ2) is 5.64. The van der Waals surface area contributed by atoms with E-state index in [1.165, 1.54) is 6.08 Å². The van der Waals surface area contributed by atoms with E-state index in [9.17, 15) is 9.59 Å². The molecule has 0 aliphatic rings. The quantitative estimate of drug-likeness (QED) is 0.768. The van der Waals surface area contributed by atoms with Crippen molar-refractivity contribution in [3.8, 4) is 0 Å². The molecule has 2 N–H and O–H groups in total. The summed E-state index contributed by atoms with van der Waals surface area (Å²) in [5.74, 6) is -1.09. The van der Waals surface area contributed by atoms with Crippen molar-refractivity contribution in [1.82, 2.24) is 20.1 Å². The Labute approximate surface area is 111 Å². The van der Waals surface area contributed by atoms with Gasteiger partial charge in [0.2, 0.25) is 5.82 Å². The van der Waals surface area contributed by atoms with Gasteiger partial charge in [-0.05, 0) is 0 Å². The molecule has 0 unspecified atom stereocenters. The number of aliphatic carboxylic acids is 1. The summed E-state index contributed by atoms with van der Waals surface area (Å²) in [4.78, 5) is 28.0. The molecule has 0 fully saturated rings. The van der Waals surface area contributed by atoms with E-state index in [2.05, 4.69) is 21.8 Å². The highest BCUT2D eigenvalue weighted by atomic mass is 16.4. The van der Waals surface area contributed by atoms with Gasteiger partial charge < -0.3 is 10.0 Å². The second-order valence-corrected chi connectivity index (χ2v) is 5.13. The van der Waals surface area contributed by atoms with Crippen LogP contribution in [-0.4, -0.2) is 50.2 Å². The summed E-state index contributed by atoms with van der Waals surface area (Å²) in [7, 11) is 0. The van der Waals surface area contributed by atoms with Crippen LogP contribution in [0.5, 0.6) is 0 Å². The van der Waals surface area contributed by atoms with Crippen molar-refractivity contribution in [2.24, 2.45) is 0 Å². The van der Waals surface area contributed by atoms with Crippen LogP contribution in [0.2, 0.25) is 0 Å². The molecule has 1 aromatic rings. The first-order valence-electron chi connectivity index (χ1n) is 5.80. The molecule has 0 aliphatic heterocycles. The van der Waals surface area contributed by atoms with E-state index in [1.54, 1.807) is 0 Å². The summed E-state index contributed by atoms with van der Waals surface area (Å²) < 4.78 is 0. The maximum Gasteiger partial charge on any atom is 0.323 e. The number of amides is 1. The number of carboxylic acids is 1. The lowest BCUT2D eigenvalue weighted by molar-refractivity contribution is -0.137. The number of hydrogen-bond acceptors (Lipinski definition) is 4. The second-order valence-electron chi connectivity index (χ2n) is 5.13. The number of nitrogens with one attached hydrogen (secondary N) is 1. The molecule has 1 rings (SSSR count). The Hall–Kier alpha value is -2.18. The Kier molecular flexibility index (Phi) is 4.42. The van der Waals surface area contributed by atoms with Gasteiger partial charge >= 0.3 is 5.97 Å². The standard InChI is InChI=1S/C12H18N4O3/c1-5-6-16(7-8(17)18)10(19)9-13-11(15-14-9)12(2,3)4/h5H,1,6-7H2,2-4H3,(H,17,18)(H,13,14,15). The van der Waals surface area contributed by atoms with Crippen LogP contribution in [0.25, 0.3) is 0 Å². The van der Waals surface area contributed by atoms with Crippen molar-refractivity contribution in [2.75, 3.05) is 13.1 Å². The number of H-pyrrole nitrogens is 1. The van der Waals surface area contributed by atoms with Crippen molar-refractivity contribution < 1.29 is 14.7 Å². The number of carbonyl (C=O) groups excluding carboxylic acids is 1. The fraction of sp³-hybridized carbons (Fsp3) is 0.500. The molecule has 0 radical (unpaired) electrons. The molecule has 0 aliphatic carbocycles. The van der Waals surface area contributed by atoms with Crippen LogP contribution in [0, 0.1) is 0 Å². The average Bonchev–Trinajstić information content (AvgIpc) is 2.75. The molecule has 0 bridgehead atoms. The maximum absolute atomic E-state index is 12.1. The number of hydrogen-bond donors (Lipinski definition) is 2. The third kappa shape index (κ3) is 3.90. The lowest BCUT2D eigenvalue weighted by Crippen LogP contribution is -2.36. The van der Waals surface area contributed by atoms with Gasteiger partial charge in [0.25, 0.3) is 5.91 Å². The smallest absolute Gasteiger partial charge is 0.323 e. The van der Waals surface area contributed by atoms with Gasteiger partial charge in [-0.15, -0.1) is 11.7 Å². The van der Waals surface area contributed by atoms with Gasteiger partial charge in [-0.2, -0.15) is 0 Å². The number of carboxylic acid groups (broad SMARTS) is 1. The largest absolute Gasteiger partial charge is 0.480 e. The SMILES string of the molecule is C=CCN(CC(=O)O)C(=O)c1n[nH]c(C(C)(C)C)n1. The van der Waals surface area contributed by atoms with E-state index in [0.717, 1.165) is 4.90 Å². The highest BCUT2D eigenvalue weighted by Gasteiger charge is 2.25. The molecule has 1 amide bonds. The molecule has 19 heavy (non-hydrogen) atoms. The van der Waals surface area contributed by atoms with E-state index in [-0.39, 0.29) is 17.8 Å². The molecule has 0 saturated carbocycles. The van der Waals surface area contributed by atoms with E-state index >= 15 is 0 Å². The molecule has 0 spiro atoms. The van der Waals surface area contributed by atoms with Crippen LogP contribution in [-0.2, 0) is 10.2 Å². The van der Waals surface area contributed by atoms with Crippen LogP contribution in [0.1, 0.15) is 37.2 Å². The van der Waals surface area contributed by atoms with Gasteiger partial charge in [0.05, 0.1) is 0 Å². The van der Waals surface area contributed by atoms with E-state index in [1.807, 2.05) is 20.8 Å². The molecule has 7 nitrogen and oxygen atoms in total. The summed E-state index contributed by atoms with van der Waals surface area (Å²) >= 11 is 0. The normalized spacial score (nSPS) is 11.1. The summed E-state index contributed by atoms with van der Waals surface area (Å²) in [5, 5.41) is 15.3. The monoisotopic (exact) mass is 266 g/mol. The number of carbonyl (C=O) groups is 2. The Morgan fingerprint density at radius 2 is 2.11 bits per heavy atom. The van der Waals surface area contributed by atoms with Gasteiger partial charge in [0.1, 0.15) is 12.4 Å². The Balaban J connectivity index is 2.93. The fourth-order valence-corrected chi connectivity index (χ4v) is 1.37. The molecule has 0 aromatic carbocycles. The number of nitrogens with zero attached hydrogens (tertiary/aromatic N) is 3. The molecule has 0 atom stereocenters. The lowest BCUT2D eigenvalue weighted by Gasteiger charge is -2.16. The molecule has 7 heteroatoms. The molecule has 1 heterocycles. The lowest BCUT2D eigenvalue weighted by atomic mass is 9.96. The minimum atomic E-state index is -1.10. The van der Waals surface area contributed by atoms with Gasteiger partial charge in [0.15, 0.2) is 0 Å². The highest BCUT2D eigenvalue weighted by molar-refractivity contribution is 5.92. The van der Waals surface area contributed by atoms with Crippen molar-refractivity contribution in [1.29, 1.82) is 0 Å². The van der Waals surface area contributed by atoms with Crippen LogP contribution in [0.4, 0.5) is 0 Å². The van der Waals surface area contributed by atoms with Crippen molar-refractivity contribution >= 4 is 11.9 Å². The fourth-order valence-electron chi connectivity index (χ4n) is 1.37. The first-order chi connectivity index (χ1) is 8.75. The third-order valence-corrected chi connectivity index (χ3v) is 2.35. The molecular formula is C12H18N4O3. The van der Waals surface area contributed by atoms with Crippen molar-refractivity contribution in [2.45, 2.75) is 26.2 Å². The van der Waals surface area contributed by atoms with Gasteiger partial charge in [-0.3, -0.25) is 14.7 Å². The summed E-state index contributed by atoms with van der Waals surface area (Å²) in [6.07, 6.45) is 1.46. The average molecular weight is 266 g/mol. The Morgan fingerprint density at radius 1 is 1.47 bits per heavy atom. The molecular weight excluding hydrogens is 248 g/mol. The maximum atomic E-state index is 12.1. The van der Waals surface area contributed by atoms with E-state index in [4.69, 9.17) is 5.11 Å². The Bertz CT molecular complexity index is 487. The van der Waals surface area contributed by atoms with Gasteiger partial charge in [-0.1, -0.05) is 26.8 Å². The zero-order chi connectivity index (χ0) is 14.6. The molecule has 104 valence electrons. The molecule has 0 saturated heterocycles. The van der Waals surface area contributed by atoms with Crippen LogP contribution in [0.15, 0.2) is 12.7 Å². The zero-order valence-corrected chi connectivity index (χ0v) is 11.3. The van der Waals surface area contributed by atoms with Gasteiger partial charge in [-0.25, -0.2) is 4.98 Å². The first-order valence-corrected chi connectivity index (χ1v) is 5.80. The first kappa shape index (κ1) is 14.9. The summed E-state index contributed by atoms with van der Waals surface area (Å²) in [5.41, 5.74) is -0.262. The van der Waals surface area contributed by atoms with Gasteiger partial charge in [0, 0.05) is 12.0 Å².